The van der Waals surface area contributed by atoms with Gasteiger partial charge in [-0.05, 0) is 44.0 Å². The average molecular weight is 363 g/mol. The fourth-order valence-electron chi connectivity index (χ4n) is 3.57. The van der Waals surface area contributed by atoms with E-state index in [1.807, 2.05) is 28.8 Å². The van der Waals surface area contributed by atoms with Crippen molar-refractivity contribution >= 4 is 17.1 Å². The van der Waals surface area contributed by atoms with Crippen molar-refractivity contribution in [1.82, 2.24) is 24.8 Å². The number of rotatable bonds is 7. The van der Waals surface area contributed by atoms with Gasteiger partial charge in [0, 0.05) is 25.8 Å². The zero-order valence-corrected chi connectivity index (χ0v) is 15.5. The SMILES string of the molecule is O=C(NCCN1CCCC1)c1cnc2c(c1)ncn2CCc1ccccc1. The Hall–Kier alpha value is -2.73. The number of hydrogen-bond donors (Lipinski definition) is 1. The maximum Gasteiger partial charge on any atom is 0.252 e. The summed E-state index contributed by atoms with van der Waals surface area (Å²) < 4.78 is 2.04. The van der Waals surface area contributed by atoms with Gasteiger partial charge in [0.1, 0.15) is 5.52 Å². The van der Waals surface area contributed by atoms with Crippen LogP contribution in [0.4, 0.5) is 0 Å². The molecule has 1 saturated heterocycles. The molecule has 0 radical (unpaired) electrons. The van der Waals surface area contributed by atoms with E-state index in [1.165, 1.54) is 18.4 Å². The van der Waals surface area contributed by atoms with E-state index in [-0.39, 0.29) is 5.91 Å². The van der Waals surface area contributed by atoms with Gasteiger partial charge in [0.05, 0.1) is 11.9 Å². The molecular formula is C21H25N5O. The lowest BCUT2D eigenvalue weighted by Crippen LogP contribution is -2.33. The molecule has 3 heterocycles. The summed E-state index contributed by atoms with van der Waals surface area (Å²) in [6.07, 6.45) is 6.90. The minimum atomic E-state index is -0.0811. The Kier molecular flexibility index (Phi) is 5.44. The number of hydrogen-bond acceptors (Lipinski definition) is 4. The summed E-state index contributed by atoms with van der Waals surface area (Å²) in [6.45, 7) is 4.68. The van der Waals surface area contributed by atoms with Crippen molar-refractivity contribution in [3.63, 3.8) is 0 Å². The van der Waals surface area contributed by atoms with Crippen LogP contribution in [0, 0.1) is 0 Å². The number of aromatic nitrogens is 3. The number of benzene rings is 1. The molecule has 1 fully saturated rings. The maximum absolute atomic E-state index is 12.4. The lowest BCUT2D eigenvalue weighted by Gasteiger charge is -2.14. The third-order valence-electron chi connectivity index (χ3n) is 5.11. The molecule has 0 atom stereocenters. The van der Waals surface area contributed by atoms with Crippen LogP contribution in [0.2, 0.25) is 0 Å². The van der Waals surface area contributed by atoms with E-state index in [1.54, 1.807) is 12.5 Å². The van der Waals surface area contributed by atoms with Crippen LogP contribution in [0.15, 0.2) is 48.9 Å². The second-order valence-electron chi connectivity index (χ2n) is 7.04. The minimum absolute atomic E-state index is 0.0811. The van der Waals surface area contributed by atoms with Crippen LogP contribution in [0.3, 0.4) is 0 Å². The van der Waals surface area contributed by atoms with E-state index in [0.717, 1.165) is 43.8 Å². The van der Waals surface area contributed by atoms with Gasteiger partial charge < -0.3 is 14.8 Å². The number of amides is 1. The summed E-state index contributed by atoms with van der Waals surface area (Å²) in [7, 11) is 0. The van der Waals surface area contributed by atoms with Crippen molar-refractivity contribution in [3.8, 4) is 0 Å². The minimum Gasteiger partial charge on any atom is -0.351 e. The normalized spacial score (nSPS) is 14.7. The largest absolute Gasteiger partial charge is 0.351 e. The second kappa shape index (κ2) is 8.31. The number of aryl methyl sites for hydroxylation is 2. The number of likely N-dealkylation sites (tertiary alicyclic amines) is 1. The summed E-state index contributed by atoms with van der Waals surface area (Å²) >= 11 is 0. The topological polar surface area (TPSA) is 63.1 Å². The predicted octanol–water partition coefficient (Wildman–Crippen LogP) is 2.50. The molecule has 140 valence electrons. The number of fused-ring (bicyclic) bond motifs is 1. The number of nitrogens with zero attached hydrogens (tertiary/aromatic N) is 4. The van der Waals surface area contributed by atoms with Gasteiger partial charge in [0.25, 0.3) is 5.91 Å². The summed E-state index contributed by atoms with van der Waals surface area (Å²) in [6, 6.07) is 12.2. The van der Waals surface area contributed by atoms with Crippen molar-refractivity contribution in [2.75, 3.05) is 26.2 Å². The van der Waals surface area contributed by atoms with Gasteiger partial charge >= 0.3 is 0 Å². The Morgan fingerprint density at radius 2 is 1.89 bits per heavy atom. The van der Waals surface area contributed by atoms with Crippen molar-refractivity contribution in [2.24, 2.45) is 0 Å². The van der Waals surface area contributed by atoms with E-state index in [2.05, 4.69) is 32.3 Å². The molecule has 0 saturated carbocycles. The molecule has 1 aromatic carbocycles. The summed E-state index contributed by atoms with van der Waals surface area (Å²) in [5.41, 5.74) is 3.43. The van der Waals surface area contributed by atoms with Crippen LogP contribution in [-0.4, -0.2) is 51.5 Å². The molecule has 4 rings (SSSR count). The molecule has 3 aromatic rings. The highest BCUT2D eigenvalue weighted by Crippen LogP contribution is 2.13. The van der Waals surface area contributed by atoms with Crippen molar-refractivity contribution < 1.29 is 4.79 Å². The second-order valence-corrected chi connectivity index (χ2v) is 7.04. The highest BCUT2D eigenvalue weighted by Gasteiger charge is 2.13. The summed E-state index contributed by atoms with van der Waals surface area (Å²) in [4.78, 5) is 23.7. The van der Waals surface area contributed by atoms with E-state index >= 15 is 0 Å². The Morgan fingerprint density at radius 1 is 1.07 bits per heavy atom. The molecule has 27 heavy (non-hydrogen) atoms. The molecule has 2 aromatic heterocycles. The van der Waals surface area contributed by atoms with Gasteiger partial charge in [0.15, 0.2) is 5.65 Å². The fraction of sp³-hybridized carbons (Fsp3) is 0.381. The highest BCUT2D eigenvalue weighted by atomic mass is 16.1. The van der Waals surface area contributed by atoms with Crippen LogP contribution in [0.5, 0.6) is 0 Å². The maximum atomic E-state index is 12.4. The van der Waals surface area contributed by atoms with Crippen LogP contribution in [0.25, 0.3) is 11.2 Å². The van der Waals surface area contributed by atoms with Crippen LogP contribution < -0.4 is 5.32 Å². The first-order chi connectivity index (χ1) is 13.3. The Morgan fingerprint density at radius 3 is 2.70 bits per heavy atom. The van der Waals surface area contributed by atoms with Gasteiger partial charge in [-0.1, -0.05) is 30.3 Å². The molecule has 1 amide bonds. The van der Waals surface area contributed by atoms with E-state index < -0.39 is 0 Å². The molecule has 1 aliphatic heterocycles. The van der Waals surface area contributed by atoms with Crippen LogP contribution in [-0.2, 0) is 13.0 Å². The first kappa shape index (κ1) is 17.7. The number of carbonyl (C=O) groups is 1. The Labute approximate surface area is 159 Å². The number of imidazole rings is 1. The molecular weight excluding hydrogens is 338 g/mol. The first-order valence-corrected chi connectivity index (χ1v) is 9.65. The monoisotopic (exact) mass is 363 g/mol. The summed E-state index contributed by atoms with van der Waals surface area (Å²) in [5.74, 6) is -0.0811. The number of carbonyl (C=O) groups excluding carboxylic acids is 1. The number of nitrogens with one attached hydrogen (secondary N) is 1. The zero-order valence-electron chi connectivity index (χ0n) is 15.5. The lowest BCUT2D eigenvalue weighted by molar-refractivity contribution is 0.0949. The van der Waals surface area contributed by atoms with E-state index in [0.29, 0.717) is 12.1 Å². The molecule has 1 aliphatic rings. The zero-order chi connectivity index (χ0) is 18.5. The quantitative estimate of drug-likeness (QED) is 0.701. The third-order valence-corrected chi connectivity index (χ3v) is 5.11. The van der Waals surface area contributed by atoms with Crippen molar-refractivity contribution in [3.05, 3.63) is 60.0 Å². The molecule has 0 bridgehead atoms. The van der Waals surface area contributed by atoms with Gasteiger partial charge in [-0.3, -0.25) is 4.79 Å². The highest BCUT2D eigenvalue weighted by molar-refractivity contribution is 5.96. The Balaban J connectivity index is 1.36. The van der Waals surface area contributed by atoms with Crippen LogP contribution in [0.1, 0.15) is 28.8 Å². The fourth-order valence-corrected chi connectivity index (χ4v) is 3.57. The molecule has 0 spiro atoms. The lowest BCUT2D eigenvalue weighted by atomic mass is 10.1. The number of pyridine rings is 1. The first-order valence-electron chi connectivity index (χ1n) is 9.65. The van der Waals surface area contributed by atoms with Crippen molar-refractivity contribution in [2.45, 2.75) is 25.8 Å². The molecule has 6 nitrogen and oxygen atoms in total. The van der Waals surface area contributed by atoms with E-state index in [4.69, 9.17) is 0 Å². The van der Waals surface area contributed by atoms with Gasteiger partial charge in [0.2, 0.25) is 0 Å². The van der Waals surface area contributed by atoms with Gasteiger partial charge in [-0.25, -0.2) is 9.97 Å². The smallest absolute Gasteiger partial charge is 0.252 e. The molecule has 0 aliphatic carbocycles. The van der Waals surface area contributed by atoms with Gasteiger partial charge in [-0.2, -0.15) is 0 Å². The molecule has 6 heteroatoms. The molecule has 0 unspecified atom stereocenters. The molecule has 1 N–H and O–H groups in total. The standard InChI is InChI=1S/C21H25N5O/c27-21(22-9-13-25-10-4-5-11-25)18-14-19-20(23-15-18)26(16-24-19)12-8-17-6-2-1-3-7-17/h1-3,6-7,14-16H,4-5,8-13H2,(H,22,27). The van der Waals surface area contributed by atoms with Crippen LogP contribution >= 0.6 is 0 Å². The average Bonchev–Trinajstić information content (AvgIpc) is 3.36. The predicted molar refractivity (Wildman–Crippen MR) is 106 cm³/mol. The summed E-state index contributed by atoms with van der Waals surface area (Å²) in [5, 5.41) is 2.99. The Bertz CT molecular complexity index is 899. The third kappa shape index (κ3) is 4.34. The van der Waals surface area contributed by atoms with Gasteiger partial charge in [-0.15, -0.1) is 0 Å². The van der Waals surface area contributed by atoms with E-state index in [9.17, 15) is 4.79 Å². The van der Waals surface area contributed by atoms with Crippen molar-refractivity contribution in [1.29, 1.82) is 0 Å².